The lowest BCUT2D eigenvalue weighted by Crippen LogP contribution is -1.98. The van der Waals surface area contributed by atoms with Gasteiger partial charge in [0.2, 0.25) is 5.88 Å². The Morgan fingerprint density at radius 3 is 2.57 bits per heavy atom. The molecule has 0 saturated heterocycles. The van der Waals surface area contributed by atoms with Crippen molar-refractivity contribution in [1.29, 1.82) is 0 Å². The first-order valence-electron chi connectivity index (χ1n) is 5.45. The van der Waals surface area contributed by atoms with Crippen molar-refractivity contribution in [3.05, 3.63) is 11.3 Å². The molecule has 3 nitrogen and oxygen atoms in total. The molecule has 0 aromatic carbocycles. The SMILES string of the molecule is CCCCc1c(C)nn(CCC)c1O. The quantitative estimate of drug-likeness (QED) is 0.786. The Bertz CT molecular complexity index is 292. The Labute approximate surface area is 85.8 Å². The molecule has 1 heterocycles. The standard InChI is InChI=1S/C11H20N2O/c1-4-6-7-10-9(3)12-13(8-5-2)11(10)14/h14H,4-8H2,1-3H3. The van der Waals surface area contributed by atoms with Crippen LogP contribution in [0.2, 0.25) is 0 Å². The van der Waals surface area contributed by atoms with Crippen LogP contribution in [0.5, 0.6) is 5.88 Å². The second-order valence-corrected chi connectivity index (χ2v) is 3.71. The molecule has 0 amide bonds. The van der Waals surface area contributed by atoms with Gasteiger partial charge in [0.05, 0.1) is 5.69 Å². The first-order valence-corrected chi connectivity index (χ1v) is 5.45. The molecule has 0 fully saturated rings. The average molecular weight is 196 g/mol. The van der Waals surface area contributed by atoms with E-state index in [1.54, 1.807) is 4.68 Å². The minimum atomic E-state index is 0.373. The highest BCUT2D eigenvalue weighted by Crippen LogP contribution is 2.22. The van der Waals surface area contributed by atoms with E-state index in [9.17, 15) is 5.11 Å². The highest BCUT2D eigenvalue weighted by molar-refractivity contribution is 5.29. The molecule has 0 aliphatic carbocycles. The monoisotopic (exact) mass is 196 g/mol. The van der Waals surface area contributed by atoms with Gasteiger partial charge in [-0.15, -0.1) is 0 Å². The van der Waals surface area contributed by atoms with Gasteiger partial charge in [-0.25, -0.2) is 4.68 Å². The van der Waals surface area contributed by atoms with Crippen molar-refractivity contribution in [2.75, 3.05) is 0 Å². The predicted molar refractivity (Wildman–Crippen MR) is 57.5 cm³/mol. The Morgan fingerprint density at radius 1 is 1.29 bits per heavy atom. The molecule has 0 aliphatic heterocycles. The molecule has 14 heavy (non-hydrogen) atoms. The molecule has 0 unspecified atom stereocenters. The van der Waals surface area contributed by atoms with E-state index in [0.717, 1.165) is 43.5 Å². The largest absolute Gasteiger partial charge is 0.493 e. The summed E-state index contributed by atoms with van der Waals surface area (Å²) in [6, 6.07) is 0. The molecule has 0 atom stereocenters. The van der Waals surface area contributed by atoms with E-state index in [1.807, 2.05) is 6.92 Å². The fourth-order valence-electron chi connectivity index (χ4n) is 1.62. The summed E-state index contributed by atoms with van der Waals surface area (Å²) in [5.74, 6) is 0.373. The van der Waals surface area contributed by atoms with Crippen molar-refractivity contribution in [2.45, 2.75) is 53.0 Å². The van der Waals surface area contributed by atoms with E-state index in [0.29, 0.717) is 5.88 Å². The molecule has 1 aromatic heterocycles. The summed E-state index contributed by atoms with van der Waals surface area (Å²) in [4.78, 5) is 0. The van der Waals surface area contributed by atoms with E-state index in [4.69, 9.17) is 0 Å². The fourth-order valence-corrected chi connectivity index (χ4v) is 1.62. The molecule has 1 rings (SSSR count). The molecule has 1 aromatic rings. The van der Waals surface area contributed by atoms with E-state index < -0.39 is 0 Å². The molecule has 1 N–H and O–H groups in total. The topological polar surface area (TPSA) is 38.0 Å². The second-order valence-electron chi connectivity index (χ2n) is 3.71. The number of aromatic hydroxyl groups is 1. The number of hydrogen-bond acceptors (Lipinski definition) is 2. The number of unbranched alkanes of at least 4 members (excludes halogenated alkanes) is 1. The van der Waals surface area contributed by atoms with Crippen LogP contribution >= 0.6 is 0 Å². The van der Waals surface area contributed by atoms with Crippen LogP contribution in [0.25, 0.3) is 0 Å². The van der Waals surface area contributed by atoms with E-state index in [1.165, 1.54) is 0 Å². The lowest BCUT2D eigenvalue weighted by Gasteiger charge is -2.01. The minimum absolute atomic E-state index is 0.373. The molecular formula is C11H20N2O. The second kappa shape index (κ2) is 5.03. The smallest absolute Gasteiger partial charge is 0.212 e. The lowest BCUT2D eigenvalue weighted by molar-refractivity contribution is 0.392. The molecule has 3 heteroatoms. The third kappa shape index (κ3) is 2.28. The van der Waals surface area contributed by atoms with Crippen molar-refractivity contribution >= 4 is 0 Å². The van der Waals surface area contributed by atoms with E-state index >= 15 is 0 Å². The first kappa shape index (κ1) is 11.1. The Balaban J connectivity index is 2.81. The third-order valence-corrected chi connectivity index (χ3v) is 2.44. The van der Waals surface area contributed by atoms with Gasteiger partial charge in [0.1, 0.15) is 0 Å². The van der Waals surface area contributed by atoms with Gasteiger partial charge in [-0.2, -0.15) is 5.10 Å². The van der Waals surface area contributed by atoms with Gasteiger partial charge < -0.3 is 5.11 Å². The van der Waals surface area contributed by atoms with E-state index in [-0.39, 0.29) is 0 Å². The van der Waals surface area contributed by atoms with Crippen LogP contribution in [0.4, 0.5) is 0 Å². The van der Waals surface area contributed by atoms with Crippen LogP contribution in [0, 0.1) is 6.92 Å². The van der Waals surface area contributed by atoms with Crippen LogP contribution in [0.1, 0.15) is 44.4 Å². The summed E-state index contributed by atoms with van der Waals surface area (Å²) in [5.41, 5.74) is 2.00. The van der Waals surface area contributed by atoms with Gasteiger partial charge in [0.25, 0.3) is 0 Å². The van der Waals surface area contributed by atoms with E-state index in [2.05, 4.69) is 18.9 Å². The number of hydrogen-bond donors (Lipinski definition) is 1. The summed E-state index contributed by atoms with van der Waals surface area (Å²) in [5, 5.41) is 14.2. The van der Waals surface area contributed by atoms with Crippen LogP contribution < -0.4 is 0 Å². The van der Waals surface area contributed by atoms with Crippen LogP contribution in [0.3, 0.4) is 0 Å². The number of aromatic nitrogens is 2. The Kier molecular flexibility index (Phi) is 3.98. The van der Waals surface area contributed by atoms with Crippen LogP contribution in [-0.2, 0) is 13.0 Å². The summed E-state index contributed by atoms with van der Waals surface area (Å²) in [7, 11) is 0. The zero-order valence-corrected chi connectivity index (χ0v) is 9.38. The zero-order valence-electron chi connectivity index (χ0n) is 9.38. The van der Waals surface area contributed by atoms with Crippen LogP contribution in [-0.4, -0.2) is 14.9 Å². The van der Waals surface area contributed by atoms with Crippen molar-refractivity contribution in [2.24, 2.45) is 0 Å². The molecule has 0 spiro atoms. The lowest BCUT2D eigenvalue weighted by atomic mass is 10.1. The van der Waals surface area contributed by atoms with Crippen molar-refractivity contribution < 1.29 is 5.11 Å². The number of rotatable bonds is 5. The minimum Gasteiger partial charge on any atom is -0.493 e. The average Bonchev–Trinajstić information content (AvgIpc) is 2.41. The molecule has 0 aliphatic rings. The van der Waals surface area contributed by atoms with Gasteiger partial charge in [-0.3, -0.25) is 0 Å². The maximum absolute atomic E-state index is 9.87. The number of aryl methyl sites for hydroxylation is 2. The van der Waals surface area contributed by atoms with Crippen molar-refractivity contribution in [3.63, 3.8) is 0 Å². The number of nitrogens with zero attached hydrogens (tertiary/aromatic N) is 2. The maximum Gasteiger partial charge on any atom is 0.212 e. The Hall–Kier alpha value is -0.990. The van der Waals surface area contributed by atoms with Gasteiger partial charge in [0.15, 0.2) is 0 Å². The van der Waals surface area contributed by atoms with Gasteiger partial charge in [0, 0.05) is 12.1 Å². The molecule has 0 bridgehead atoms. The molecule has 0 radical (unpaired) electrons. The Morgan fingerprint density at radius 2 is 2.00 bits per heavy atom. The normalized spacial score (nSPS) is 10.8. The summed E-state index contributed by atoms with van der Waals surface area (Å²) >= 11 is 0. The van der Waals surface area contributed by atoms with Gasteiger partial charge in [-0.05, 0) is 26.2 Å². The summed E-state index contributed by atoms with van der Waals surface area (Å²) < 4.78 is 1.71. The highest BCUT2D eigenvalue weighted by atomic mass is 16.3. The van der Waals surface area contributed by atoms with Crippen molar-refractivity contribution in [1.82, 2.24) is 9.78 Å². The fraction of sp³-hybridized carbons (Fsp3) is 0.727. The third-order valence-electron chi connectivity index (χ3n) is 2.44. The molecule has 80 valence electrons. The highest BCUT2D eigenvalue weighted by Gasteiger charge is 2.12. The summed E-state index contributed by atoms with van der Waals surface area (Å²) in [6.07, 6.45) is 4.21. The van der Waals surface area contributed by atoms with Crippen molar-refractivity contribution in [3.8, 4) is 5.88 Å². The maximum atomic E-state index is 9.87. The predicted octanol–water partition coefficient (Wildman–Crippen LogP) is 2.65. The molecular weight excluding hydrogens is 176 g/mol. The zero-order chi connectivity index (χ0) is 10.6. The van der Waals surface area contributed by atoms with Gasteiger partial charge >= 0.3 is 0 Å². The van der Waals surface area contributed by atoms with Crippen LogP contribution in [0.15, 0.2) is 0 Å². The van der Waals surface area contributed by atoms with Gasteiger partial charge in [-0.1, -0.05) is 20.3 Å². The first-order chi connectivity index (χ1) is 6.70. The molecule has 0 saturated carbocycles. The summed E-state index contributed by atoms with van der Waals surface area (Å²) in [6.45, 7) is 7.01.